The first kappa shape index (κ1) is 15.5. The second kappa shape index (κ2) is 6.11. The van der Waals surface area contributed by atoms with Crippen LogP contribution in [0.2, 0.25) is 5.15 Å². The third kappa shape index (κ3) is 2.87. The Morgan fingerprint density at radius 2 is 2.21 bits per heavy atom. The van der Waals surface area contributed by atoms with Gasteiger partial charge in [0.1, 0.15) is 5.15 Å². The van der Waals surface area contributed by atoms with Gasteiger partial charge in [-0.3, -0.25) is 4.90 Å². The van der Waals surface area contributed by atoms with Gasteiger partial charge in [0.2, 0.25) is 0 Å². The third-order valence-electron chi connectivity index (χ3n) is 4.41. The fourth-order valence-corrected chi connectivity index (χ4v) is 3.35. The summed E-state index contributed by atoms with van der Waals surface area (Å²) in [6.45, 7) is 1.99. The van der Waals surface area contributed by atoms with E-state index in [1.54, 1.807) is 10.6 Å². The number of aromatic nitrogens is 3. The zero-order chi connectivity index (χ0) is 16.7. The van der Waals surface area contributed by atoms with Crippen LogP contribution in [-0.4, -0.2) is 32.6 Å². The number of hydrogen-bond acceptors (Lipinski definition) is 3. The van der Waals surface area contributed by atoms with E-state index in [4.69, 9.17) is 11.6 Å². The van der Waals surface area contributed by atoms with Crippen molar-refractivity contribution in [2.45, 2.75) is 13.0 Å². The summed E-state index contributed by atoms with van der Waals surface area (Å²) in [6, 6.07) is 3.54. The molecule has 1 aliphatic heterocycles. The Balaban J connectivity index is 1.65. The molecule has 0 saturated carbocycles. The normalized spacial score (nSPS) is 20.3. The van der Waals surface area contributed by atoms with Crippen LogP contribution in [0.1, 0.15) is 17.8 Å². The van der Waals surface area contributed by atoms with Crippen LogP contribution in [0.4, 0.5) is 8.78 Å². The average molecular weight is 349 g/mol. The molecule has 2 aliphatic rings. The molecule has 2 aromatic heterocycles. The maximum atomic E-state index is 12.5. The van der Waals surface area contributed by atoms with Crippen molar-refractivity contribution in [1.29, 1.82) is 0 Å². The number of fused-ring (bicyclic) bond motifs is 1. The molecule has 1 atom stereocenters. The fraction of sp³-hybridized carbons (Fsp3) is 0.294. The van der Waals surface area contributed by atoms with Crippen LogP contribution in [0.25, 0.3) is 11.2 Å². The van der Waals surface area contributed by atoms with Crippen molar-refractivity contribution in [3.05, 3.63) is 59.1 Å². The lowest BCUT2D eigenvalue weighted by molar-refractivity contribution is 0.315. The zero-order valence-electron chi connectivity index (χ0n) is 12.8. The number of likely N-dealkylation sites (tertiary alicyclic amines) is 1. The SMILES string of the molecule is FC(F)=CC1CCN(Cc2c(C3=CC=C3)nc3ccc(Cl)nn23)C1. The highest BCUT2D eigenvalue weighted by Crippen LogP contribution is 2.29. The minimum atomic E-state index is -1.60. The molecule has 0 amide bonds. The van der Waals surface area contributed by atoms with Gasteiger partial charge in [0.15, 0.2) is 5.65 Å². The molecule has 1 unspecified atom stereocenters. The molecule has 0 spiro atoms. The van der Waals surface area contributed by atoms with E-state index in [1.807, 2.05) is 24.3 Å². The Bertz CT molecular complexity index is 880. The highest BCUT2D eigenvalue weighted by Gasteiger charge is 2.25. The molecule has 1 fully saturated rings. The number of allylic oxidation sites excluding steroid dienone is 4. The van der Waals surface area contributed by atoms with Gasteiger partial charge in [0.25, 0.3) is 6.08 Å². The molecular weight excluding hydrogens is 334 g/mol. The van der Waals surface area contributed by atoms with E-state index in [1.165, 1.54) is 0 Å². The van der Waals surface area contributed by atoms with Gasteiger partial charge in [-0.15, -0.1) is 0 Å². The van der Waals surface area contributed by atoms with Gasteiger partial charge in [-0.2, -0.15) is 13.9 Å². The summed E-state index contributed by atoms with van der Waals surface area (Å²) in [5, 5.41) is 4.75. The third-order valence-corrected chi connectivity index (χ3v) is 4.61. The largest absolute Gasteiger partial charge is 0.297 e. The van der Waals surface area contributed by atoms with Crippen molar-refractivity contribution in [2.24, 2.45) is 5.92 Å². The van der Waals surface area contributed by atoms with E-state index in [-0.39, 0.29) is 5.92 Å². The predicted octanol–water partition coefficient (Wildman–Crippen LogP) is 3.94. The van der Waals surface area contributed by atoms with Crippen LogP contribution >= 0.6 is 11.6 Å². The van der Waals surface area contributed by atoms with Crippen LogP contribution < -0.4 is 0 Å². The molecule has 124 valence electrons. The van der Waals surface area contributed by atoms with Crippen molar-refractivity contribution in [1.82, 2.24) is 19.5 Å². The summed E-state index contributed by atoms with van der Waals surface area (Å²) in [7, 11) is 0. The number of nitrogens with zero attached hydrogens (tertiary/aromatic N) is 4. The molecule has 0 aromatic carbocycles. The monoisotopic (exact) mass is 348 g/mol. The molecular formula is C17H15ClF2N4. The average Bonchev–Trinajstić information content (AvgIpc) is 3.03. The van der Waals surface area contributed by atoms with Crippen molar-refractivity contribution in [3.8, 4) is 0 Å². The summed E-state index contributed by atoms with van der Waals surface area (Å²) in [5.74, 6) is -0.100. The van der Waals surface area contributed by atoms with Crippen LogP contribution in [0.5, 0.6) is 0 Å². The minimum Gasteiger partial charge on any atom is -0.297 e. The lowest BCUT2D eigenvalue weighted by atomic mass is 10.0. The smallest absolute Gasteiger partial charge is 0.266 e. The maximum Gasteiger partial charge on any atom is 0.266 e. The molecule has 4 nitrogen and oxygen atoms in total. The van der Waals surface area contributed by atoms with Gasteiger partial charge < -0.3 is 0 Å². The van der Waals surface area contributed by atoms with Gasteiger partial charge >= 0.3 is 0 Å². The van der Waals surface area contributed by atoms with E-state index >= 15 is 0 Å². The van der Waals surface area contributed by atoms with E-state index < -0.39 is 6.08 Å². The molecule has 0 bridgehead atoms. The topological polar surface area (TPSA) is 33.4 Å². The van der Waals surface area contributed by atoms with E-state index in [0.29, 0.717) is 18.2 Å². The molecule has 24 heavy (non-hydrogen) atoms. The van der Waals surface area contributed by atoms with Crippen molar-refractivity contribution in [3.63, 3.8) is 0 Å². The molecule has 0 N–H and O–H groups in total. The number of imidazole rings is 1. The van der Waals surface area contributed by atoms with Crippen LogP contribution in [0, 0.1) is 5.92 Å². The Morgan fingerprint density at radius 3 is 2.92 bits per heavy atom. The Kier molecular flexibility index (Phi) is 3.94. The lowest BCUT2D eigenvalue weighted by Gasteiger charge is -2.16. The number of hydrogen-bond donors (Lipinski definition) is 0. The Hall–Kier alpha value is -2.05. The van der Waals surface area contributed by atoms with Gasteiger partial charge in [0.05, 0.1) is 11.4 Å². The van der Waals surface area contributed by atoms with Crippen molar-refractivity contribution >= 4 is 22.8 Å². The maximum absolute atomic E-state index is 12.5. The highest BCUT2D eigenvalue weighted by molar-refractivity contribution is 6.29. The van der Waals surface area contributed by atoms with E-state index in [9.17, 15) is 8.78 Å². The van der Waals surface area contributed by atoms with Gasteiger partial charge in [-0.25, -0.2) is 9.50 Å². The van der Waals surface area contributed by atoms with Crippen LogP contribution in [-0.2, 0) is 6.54 Å². The Labute approximate surface area is 142 Å². The molecule has 2 aromatic rings. The number of halogens is 3. The van der Waals surface area contributed by atoms with Gasteiger partial charge in [-0.1, -0.05) is 29.8 Å². The first-order chi connectivity index (χ1) is 11.6. The van der Waals surface area contributed by atoms with Crippen molar-refractivity contribution in [2.75, 3.05) is 13.1 Å². The van der Waals surface area contributed by atoms with Crippen LogP contribution in [0.3, 0.4) is 0 Å². The molecule has 4 rings (SSSR count). The van der Waals surface area contributed by atoms with E-state index in [2.05, 4.69) is 15.0 Å². The summed E-state index contributed by atoms with van der Waals surface area (Å²) >= 11 is 6.03. The minimum absolute atomic E-state index is 0.100. The molecule has 3 heterocycles. The summed E-state index contributed by atoms with van der Waals surface area (Å²) < 4.78 is 26.7. The lowest BCUT2D eigenvalue weighted by Crippen LogP contribution is -2.22. The fourth-order valence-electron chi connectivity index (χ4n) is 3.21. The number of rotatable bonds is 4. The molecule has 0 radical (unpaired) electrons. The molecule has 1 saturated heterocycles. The Morgan fingerprint density at radius 1 is 1.38 bits per heavy atom. The predicted molar refractivity (Wildman–Crippen MR) is 88.8 cm³/mol. The second-order valence-corrected chi connectivity index (χ2v) is 6.44. The first-order valence-electron chi connectivity index (χ1n) is 7.78. The van der Waals surface area contributed by atoms with Gasteiger partial charge in [-0.05, 0) is 37.1 Å². The highest BCUT2D eigenvalue weighted by atomic mass is 35.5. The summed E-state index contributed by atoms with van der Waals surface area (Å²) in [6.07, 6.45) is 6.16. The standard InChI is InChI=1S/C17H15ClF2N4/c18-14-4-5-16-21-17(12-2-1-3-12)13(24(16)22-14)10-23-7-6-11(9-23)8-15(19)20/h1-5,8,11H,6-7,9-10H2. The summed E-state index contributed by atoms with van der Waals surface area (Å²) in [5.41, 5.74) is 3.60. The molecule has 7 heteroatoms. The zero-order valence-corrected chi connectivity index (χ0v) is 13.5. The quantitative estimate of drug-likeness (QED) is 0.839. The second-order valence-electron chi connectivity index (χ2n) is 6.05. The first-order valence-corrected chi connectivity index (χ1v) is 8.16. The van der Waals surface area contributed by atoms with Crippen LogP contribution in [0.15, 0.2) is 42.5 Å². The van der Waals surface area contributed by atoms with Crippen molar-refractivity contribution < 1.29 is 8.78 Å². The van der Waals surface area contributed by atoms with E-state index in [0.717, 1.165) is 41.6 Å². The summed E-state index contributed by atoms with van der Waals surface area (Å²) in [4.78, 5) is 6.80. The molecule has 1 aliphatic carbocycles. The van der Waals surface area contributed by atoms with Gasteiger partial charge in [0, 0.05) is 18.7 Å².